The standard InChI is InChI=1S/C29H25F5N2O2/c1-18(19-8-4-3-5-9-19)28(20-12-13-25(31)26(17-20)38-2,36-27(37)35-24-10-6-7-11-24)21-14-22(29(32,33)34)16-23(30)15-21/h3-9,12-17,24H,1,10-11H2,2H3,(H2,35,36,37)/t28-/m1/s1. The zero-order chi connectivity index (χ0) is 27.5. The molecule has 4 nitrogen and oxygen atoms in total. The van der Waals surface area contributed by atoms with Crippen molar-refractivity contribution in [3.63, 3.8) is 0 Å². The number of hydrogen-bond acceptors (Lipinski definition) is 2. The van der Waals surface area contributed by atoms with Gasteiger partial charge in [0.25, 0.3) is 0 Å². The number of ether oxygens (including phenoxy) is 1. The number of amides is 2. The first-order valence-electron chi connectivity index (χ1n) is 11.8. The van der Waals surface area contributed by atoms with E-state index >= 15 is 0 Å². The van der Waals surface area contributed by atoms with Gasteiger partial charge in [0, 0.05) is 6.04 Å². The maximum atomic E-state index is 14.8. The molecule has 0 unspecified atom stereocenters. The second kappa shape index (κ2) is 10.7. The average Bonchev–Trinajstić information content (AvgIpc) is 3.40. The molecule has 1 aliphatic rings. The lowest BCUT2D eigenvalue weighted by atomic mass is 9.74. The maximum absolute atomic E-state index is 14.8. The van der Waals surface area contributed by atoms with Crippen LogP contribution >= 0.6 is 0 Å². The van der Waals surface area contributed by atoms with Crippen molar-refractivity contribution in [2.75, 3.05) is 7.11 Å². The summed E-state index contributed by atoms with van der Waals surface area (Å²) >= 11 is 0. The fraction of sp³-hybridized carbons (Fsp3) is 0.207. The Morgan fingerprint density at radius 3 is 2.21 bits per heavy atom. The number of halogens is 5. The molecule has 9 heteroatoms. The molecule has 1 atom stereocenters. The minimum absolute atomic E-state index is 0.114. The lowest BCUT2D eigenvalue weighted by Gasteiger charge is -2.39. The highest BCUT2D eigenvalue weighted by atomic mass is 19.4. The summed E-state index contributed by atoms with van der Waals surface area (Å²) in [5.74, 6) is -2.12. The van der Waals surface area contributed by atoms with Crippen LogP contribution in [0.15, 0.2) is 85.5 Å². The van der Waals surface area contributed by atoms with Crippen LogP contribution in [0.5, 0.6) is 5.75 Å². The van der Waals surface area contributed by atoms with Crippen molar-refractivity contribution in [2.45, 2.75) is 30.6 Å². The Bertz CT molecular complexity index is 1360. The van der Waals surface area contributed by atoms with Gasteiger partial charge in [-0.25, -0.2) is 13.6 Å². The van der Waals surface area contributed by atoms with Crippen molar-refractivity contribution in [3.05, 3.63) is 119 Å². The molecule has 0 aliphatic heterocycles. The SMILES string of the molecule is C=C(c1ccccc1)[C@](NC(=O)NC1CC=CC1)(c1cc(F)cc(C(F)(F)F)c1)c1ccc(F)c(OC)c1. The van der Waals surface area contributed by atoms with Crippen LogP contribution in [0.1, 0.15) is 35.1 Å². The van der Waals surface area contributed by atoms with Crippen LogP contribution in [0, 0.1) is 11.6 Å². The molecular formula is C29H25F5N2O2. The number of rotatable bonds is 7. The van der Waals surface area contributed by atoms with Crippen molar-refractivity contribution in [1.82, 2.24) is 10.6 Å². The van der Waals surface area contributed by atoms with Gasteiger partial charge in [-0.15, -0.1) is 0 Å². The molecule has 4 rings (SSSR count). The van der Waals surface area contributed by atoms with Gasteiger partial charge in [0.2, 0.25) is 0 Å². The van der Waals surface area contributed by atoms with Crippen molar-refractivity contribution in [3.8, 4) is 5.75 Å². The van der Waals surface area contributed by atoms with E-state index in [0.717, 1.165) is 18.2 Å². The second-order valence-corrected chi connectivity index (χ2v) is 8.91. The molecule has 0 bridgehead atoms. The third kappa shape index (κ3) is 5.41. The van der Waals surface area contributed by atoms with Gasteiger partial charge in [-0.1, -0.05) is 55.1 Å². The molecule has 0 spiro atoms. The molecule has 0 radical (unpaired) electrons. The number of hydrogen-bond donors (Lipinski definition) is 2. The molecule has 3 aromatic carbocycles. The lowest BCUT2D eigenvalue weighted by Crippen LogP contribution is -2.53. The van der Waals surface area contributed by atoms with E-state index in [0.29, 0.717) is 24.5 Å². The van der Waals surface area contributed by atoms with Crippen molar-refractivity contribution < 1.29 is 31.5 Å². The third-order valence-corrected chi connectivity index (χ3v) is 6.46. The molecule has 0 saturated carbocycles. The minimum Gasteiger partial charge on any atom is -0.494 e. The van der Waals surface area contributed by atoms with Crippen molar-refractivity contribution in [2.24, 2.45) is 0 Å². The van der Waals surface area contributed by atoms with Gasteiger partial charge in [-0.2, -0.15) is 13.2 Å². The van der Waals surface area contributed by atoms with E-state index in [9.17, 15) is 26.7 Å². The van der Waals surface area contributed by atoms with Gasteiger partial charge in [0.15, 0.2) is 11.6 Å². The smallest absolute Gasteiger partial charge is 0.416 e. The Hall–Kier alpha value is -4.14. The van der Waals surface area contributed by atoms with Gasteiger partial charge in [-0.05, 0) is 65.4 Å². The van der Waals surface area contributed by atoms with E-state index in [2.05, 4.69) is 17.2 Å². The summed E-state index contributed by atoms with van der Waals surface area (Å²) in [7, 11) is 1.23. The molecule has 0 aromatic heterocycles. The number of nitrogens with one attached hydrogen (secondary N) is 2. The monoisotopic (exact) mass is 528 g/mol. The van der Waals surface area contributed by atoms with E-state index in [1.807, 2.05) is 12.2 Å². The van der Waals surface area contributed by atoms with E-state index in [1.165, 1.54) is 19.2 Å². The van der Waals surface area contributed by atoms with Crippen LogP contribution in [0.25, 0.3) is 5.57 Å². The molecule has 38 heavy (non-hydrogen) atoms. The number of carbonyl (C=O) groups excluding carboxylic acids is 1. The van der Waals surface area contributed by atoms with E-state index < -0.39 is 34.9 Å². The maximum Gasteiger partial charge on any atom is 0.416 e. The fourth-order valence-electron chi connectivity index (χ4n) is 4.58. The molecule has 0 fully saturated rings. The lowest BCUT2D eigenvalue weighted by molar-refractivity contribution is -0.137. The van der Waals surface area contributed by atoms with Gasteiger partial charge in [-0.3, -0.25) is 0 Å². The normalized spacial score (nSPS) is 15.1. The quantitative estimate of drug-likeness (QED) is 0.257. The number of alkyl halides is 3. The first-order chi connectivity index (χ1) is 18.0. The number of carbonyl (C=O) groups is 1. The van der Waals surface area contributed by atoms with E-state index in [-0.39, 0.29) is 28.5 Å². The van der Waals surface area contributed by atoms with Crippen LogP contribution in [0.3, 0.4) is 0 Å². The van der Waals surface area contributed by atoms with Crippen LogP contribution in [-0.4, -0.2) is 19.2 Å². The van der Waals surface area contributed by atoms with Crippen LogP contribution in [0.2, 0.25) is 0 Å². The molecule has 2 N–H and O–H groups in total. The third-order valence-electron chi connectivity index (χ3n) is 6.46. The zero-order valence-electron chi connectivity index (χ0n) is 20.4. The summed E-state index contributed by atoms with van der Waals surface area (Å²) in [6.45, 7) is 4.14. The Morgan fingerprint density at radius 1 is 0.921 bits per heavy atom. The zero-order valence-corrected chi connectivity index (χ0v) is 20.4. The molecule has 0 heterocycles. The predicted octanol–water partition coefficient (Wildman–Crippen LogP) is 6.97. The Labute approximate surface area is 216 Å². The average molecular weight is 529 g/mol. The first kappa shape index (κ1) is 26.9. The molecule has 3 aromatic rings. The van der Waals surface area contributed by atoms with Gasteiger partial charge in [0.05, 0.1) is 12.7 Å². The number of methoxy groups -OCH3 is 1. The van der Waals surface area contributed by atoms with E-state index in [1.54, 1.807) is 30.3 Å². The van der Waals surface area contributed by atoms with Gasteiger partial charge in [0.1, 0.15) is 11.4 Å². The summed E-state index contributed by atoms with van der Waals surface area (Å²) in [6.07, 6.45) is 0.0579. The largest absolute Gasteiger partial charge is 0.494 e. The van der Waals surface area contributed by atoms with Crippen molar-refractivity contribution in [1.29, 1.82) is 0 Å². The summed E-state index contributed by atoms with van der Waals surface area (Å²) in [4.78, 5) is 13.4. The summed E-state index contributed by atoms with van der Waals surface area (Å²) in [5, 5.41) is 5.58. The fourth-order valence-corrected chi connectivity index (χ4v) is 4.58. The highest BCUT2D eigenvalue weighted by Crippen LogP contribution is 2.44. The van der Waals surface area contributed by atoms with Gasteiger partial charge >= 0.3 is 12.2 Å². The molecular weight excluding hydrogens is 503 g/mol. The topological polar surface area (TPSA) is 50.4 Å². The van der Waals surface area contributed by atoms with E-state index in [4.69, 9.17) is 4.74 Å². The predicted molar refractivity (Wildman–Crippen MR) is 134 cm³/mol. The first-order valence-corrected chi connectivity index (χ1v) is 11.8. The molecule has 198 valence electrons. The second-order valence-electron chi connectivity index (χ2n) is 8.91. The van der Waals surface area contributed by atoms with Crippen LogP contribution in [-0.2, 0) is 11.7 Å². The number of benzene rings is 3. The van der Waals surface area contributed by atoms with Gasteiger partial charge < -0.3 is 15.4 Å². The summed E-state index contributed by atoms with van der Waals surface area (Å²) in [6, 6.07) is 13.1. The minimum atomic E-state index is -4.88. The Morgan fingerprint density at radius 2 is 1.58 bits per heavy atom. The summed E-state index contributed by atoms with van der Waals surface area (Å²) < 4.78 is 75.8. The molecule has 1 aliphatic carbocycles. The van der Waals surface area contributed by atoms with Crippen LogP contribution < -0.4 is 15.4 Å². The Kier molecular flexibility index (Phi) is 7.57. The van der Waals surface area contributed by atoms with Crippen molar-refractivity contribution >= 4 is 11.6 Å². The molecule has 0 saturated heterocycles. The molecule has 2 amide bonds. The Balaban J connectivity index is 2.00. The summed E-state index contributed by atoms with van der Waals surface area (Å²) in [5.41, 5.74) is -2.77. The van der Waals surface area contributed by atoms with Crippen LogP contribution in [0.4, 0.5) is 26.7 Å². The highest BCUT2D eigenvalue weighted by molar-refractivity contribution is 5.85. The highest BCUT2D eigenvalue weighted by Gasteiger charge is 2.43. The number of urea groups is 1.